The third-order valence-corrected chi connectivity index (χ3v) is 14.2. The van der Waals surface area contributed by atoms with Crippen LogP contribution in [0.3, 0.4) is 0 Å². The van der Waals surface area contributed by atoms with Crippen molar-refractivity contribution in [1.82, 2.24) is 9.88 Å². The Morgan fingerprint density at radius 1 is 1.02 bits per heavy atom. The first-order valence-corrected chi connectivity index (χ1v) is 23.9. The number of aliphatic hydroxyl groups excluding tert-OH is 1. The molecule has 3 aliphatic heterocycles. The normalized spacial score (nSPS) is 19.1. The number of carbonyl (C=O) groups is 3. The Bertz CT molecular complexity index is 2270. The zero-order valence-electron chi connectivity index (χ0n) is 33.0. The molecule has 0 saturated carbocycles. The second-order valence-electron chi connectivity index (χ2n) is 14.7. The molecular weight excluding hydrogens is 855 g/mol. The monoisotopic (exact) mass is 900 g/mol. The van der Waals surface area contributed by atoms with Gasteiger partial charge in [-0.1, -0.05) is 41.1 Å². The van der Waals surface area contributed by atoms with E-state index in [1.165, 1.54) is 46.9 Å². The molecule has 320 valence electrons. The lowest BCUT2D eigenvalue weighted by molar-refractivity contribution is -0.118. The Morgan fingerprint density at radius 2 is 1.78 bits per heavy atom. The molecule has 1 aromatic heterocycles. The second-order valence-corrected chi connectivity index (χ2v) is 18.8. The lowest BCUT2D eigenvalue weighted by Crippen LogP contribution is -2.51. The van der Waals surface area contributed by atoms with Crippen LogP contribution in [0.5, 0.6) is 17.2 Å². The minimum absolute atomic E-state index is 0.0179. The average molecular weight is 901 g/mol. The Labute approximate surface area is 360 Å². The number of alkyl halides is 1. The number of aromatic nitrogens is 1. The van der Waals surface area contributed by atoms with Crippen LogP contribution >= 0.6 is 41.0 Å². The van der Waals surface area contributed by atoms with Crippen molar-refractivity contribution in [1.29, 1.82) is 0 Å². The van der Waals surface area contributed by atoms with E-state index in [-0.39, 0.29) is 77.0 Å². The number of benzene rings is 3. The van der Waals surface area contributed by atoms with Gasteiger partial charge in [-0.15, -0.1) is 11.6 Å². The van der Waals surface area contributed by atoms with Crippen molar-refractivity contribution < 1.29 is 52.6 Å². The van der Waals surface area contributed by atoms with Crippen LogP contribution in [0.2, 0.25) is 0 Å². The summed E-state index contributed by atoms with van der Waals surface area (Å²) in [6.45, 7) is 2.95. The number of phosphoric acid groups is 1. The first-order chi connectivity index (χ1) is 28.9. The van der Waals surface area contributed by atoms with Gasteiger partial charge in [-0.25, -0.2) is 19.2 Å². The molecule has 15 nitrogen and oxygen atoms in total. The zero-order valence-corrected chi connectivity index (χ0v) is 36.3. The summed E-state index contributed by atoms with van der Waals surface area (Å²) >= 11 is 6.37. The Kier molecular flexibility index (Phi) is 14.1. The number of methoxy groups -OCH3 is 1. The highest BCUT2D eigenvalue weighted by Crippen LogP contribution is 2.49. The van der Waals surface area contributed by atoms with Gasteiger partial charge in [-0.3, -0.25) is 19.4 Å². The third kappa shape index (κ3) is 9.62. The van der Waals surface area contributed by atoms with Crippen LogP contribution in [0.15, 0.2) is 71.9 Å². The average Bonchev–Trinajstić information content (AvgIpc) is 3.87. The summed E-state index contributed by atoms with van der Waals surface area (Å²) < 4.78 is 34.4. The molecule has 2 unspecified atom stereocenters. The van der Waals surface area contributed by atoms with Gasteiger partial charge >= 0.3 is 13.9 Å². The molecule has 4 atom stereocenters. The van der Waals surface area contributed by atoms with Gasteiger partial charge in [0.25, 0.3) is 5.91 Å². The number of unbranched alkanes of at least 4 members (excludes halogenated alkanes) is 2. The third-order valence-electron chi connectivity index (χ3n) is 10.6. The van der Waals surface area contributed by atoms with E-state index in [1.807, 2.05) is 37.3 Å². The number of halogens is 1. The molecule has 0 spiro atoms. The maximum absolute atomic E-state index is 13.9. The predicted octanol–water partition coefficient (Wildman–Crippen LogP) is 7.73. The van der Waals surface area contributed by atoms with Crippen molar-refractivity contribution >= 4 is 81.1 Å². The van der Waals surface area contributed by atoms with Gasteiger partial charge in [-0.05, 0) is 79.0 Å². The number of aliphatic hydroxyl groups is 1. The number of amides is 3. The molecule has 4 aromatic rings. The van der Waals surface area contributed by atoms with E-state index in [1.54, 1.807) is 28.1 Å². The van der Waals surface area contributed by atoms with Crippen LogP contribution in [-0.4, -0.2) is 99.5 Å². The van der Waals surface area contributed by atoms with Gasteiger partial charge in [0, 0.05) is 60.3 Å². The van der Waals surface area contributed by atoms with Crippen molar-refractivity contribution in [3.63, 3.8) is 0 Å². The standard InChI is InChI=1S/C41H46ClN4O11PS2/c1-25(59-60-36-14-7-8-16-43-36)24-56-41(50)46-31-20-35(34(54-2)19-29(31)39(48)44-17-10-13-30(44)40(46)49)55-18-9-3-4-15-37(47)45-23-26(22-42)38-28-12-6-5-11-27(28)33(21-32(38)45)57-58(51,52)53/h5-8,11-12,14,16,19-21,25-26,30,40,49H,3-4,9-10,13,15,17-18,22-24H2,1-2H3,(H2,51,52,53)/t25?,26-,30+,40?/m1/s1. The lowest BCUT2D eigenvalue weighted by Gasteiger charge is -2.32. The van der Waals surface area contributed by atoms with Crippen molar-refractivity contribution in [2.24, 2.45) is 0 Å². The zero-order chi connectivity index (χ0) is 42.6. The van der Waals surface area contributed by atoms with E-state index in [0.717, 1.165) is 15.5 Å². The van der Waals surface area contributed by atoms with Crippen LogP contribution in [0.1, 0.15) is 67.3 Å². The summed E-state index contributed by atoms with van der Waals surface area (Å²) in [4.78, 5) is 69.1. The van der Waals surface area contributed by atoms with Crippen LogP contribution < -0.4 is 23.8 Å². The number of phosphoric ester groups is 1. The molecule has 4 heterocycles. The van der Waals surface area contributed by atoms with E-state index < -0.39 is 26.2 Å². The molecular formula is C41H46ClN4O11PS2. The van der Waals surface area contributed by atoms with E-state index in [9.17, 15) is 33.8 Å². The summed E-state index contributed by atoms with van der Waals surface area (Å²) in [6, 6.07) is 16.7. The Hall–Kier alpha value is -4.22. The quantitative estimate of drug-likeness (QED) is 0.0429. The van der Waals surface area contributed by atoms with Crippen molar-refractivity contribution in [2.75, 3.05) is 49.1 Å². The van der Waals surface area contributed by atoms with Crippen molar-refractivity contribution in [2.45, 2.75) is 73.9 Å². The van der Waals surface area contributed by atoms with E-state index in [2.05, 4.69) is 4.98 Å². The van der Waals surface area contributed by atoms with Gasteiger partial charge in [0.1, 0.15) is 17.4 Å². The number of carbonyl (C=O) groups excluding carboxylic acids is 3. The summed E-state index contributed by atoms with van der Waals surface area (Å²) in [5.74, 6) is 0.109. The molecule has 3 N–H and O–H groups in total. The first kappa shape index (κ1) is 43.9. The number of anilines is 2. The number of hydrogen-bond donors (Lipinski definition) is 3. The fraction of sp³-hybridized carbons (Fsp3) is 0.415. The van der Waals surface area contributed by atoms with E-state index in [0.29, 0.717) is 61.7 Å². The summed E-state index contributed by atoms with van der Waals surface area (Å²) in [5, 5.41) is 13.6. The van der Waals surface area contributed by atoms with E-state index in [4.69, 9.17) is 30.3 Å². The smallest absolute Gasteiger partial charge is 0.493 e. The highest BCUT2D eigenvalue weighted by atomic mass is 35.5. The molecule has 0 aliphatic carbocycles. The maximum atomic E-state index is 13.9. The fourth-order valence-electron chi connectivity index (χ4n) is 7.89. The van der Waals surface area contributed by atoms with E-state index >= 15 is 0 Å². The van der Waals surface area contributed by atoms with Crippen LogP contribution in [-0.2, 0) is 14.1 Å². The van der Waals surface area contributed by atoms with Gasteiger partial charge in [-0.2, -0.15) is 0 Å². The predicted molar refractivity (Wildman–Crippen MR) is 230 cm³/mol. The molecule has 19 heteroatoms. The van der Waals surface area contributed by atoms with Gasteiger partial charge < -0.3 is 33.6 Å². The summed E-state index contributed by atoms with van der Waals surface area (Å²) in [5.41, 5.74) is 1.68. The van der Waals surface area contributed by atoms with Gasteiger partial charge in [0.15, 0.2) is 17.7 Å². The number of rotatable bonds is 16. The molecule has 1 fully saturated rings. The van der Waals surface area contributed by atoms with Crippen LogP contribution in [0.25, 0.3) is 10.8 Å². The first-order valence-electron chi connectivity index (χ1n) is 19.6. The molecule has 0 bridgehead atoms. The number of hydrogen-bond acceptors (Lipinski definition) is 12. The molecule has 1 saturated heterocycles. The van der Waals surface area contributed by atoms with Gasteiger partial charge in [0.2, 0.25) is 5.91 Å². The van der Waals surface area contributed by atoms with Crippen molar-refractivity contribution in [3.8, 4) is 17.2 Å². The molecule has 0 radical (unpaired) electrons. The number of pyridine rings is 1. The SMILES string of the molecule is COc1cc2c(cc1OCCCCCC(=O)N1C[C@@H](CCl)c3c1cc(OP(=O)(O)O)c1ccccc31)N(C(=O)OCC(C)SSc1ccccn1)C(O)[C@@H]1CCCN1C2=O. The topological polar surface area (TPSA) is 188 Å². The van der Waals surface area contributed by atoms with Crippen LogP contribution in [0.4, 0.5) is 16.2 Å². The van der Waals surface area contributed by atoms with Gasteiger partial charge in [0.05, 0.1) is 36.7 Å². The number of nitrogens with zero attached hydrogens (tertiary/aromatic N) is 4. The molecule has 60 heavy (non-hydrogen) atoms. The largest absolute Gasteiger partial charge is 0.524 e. The summed E-state index contributed by atoms with van der Waals surface area (Å²) in [7, 11) is -0.463. The second kappa shape index (κ2) is 19.2. The number of fused-ring (bicyclic) bond motifs is 5. The highest BCUT2D eigenvalue weighted by Gasteiger charge is 2.45. The van der Waals surface area contributed by atoms with Crippen molar-refractivity contribution in [3.05, 3.63) is 78.0 Å². The minimum atomic E-state index is -4.88. The summed E-state index contributed by atoms with van der Waals surface area (Å²) in [6.07, 6.45) is 2.64. The highest BCUT2D eigenvalue weighted by molar-refractivity contribution is 8.76. The molecule has 3 aromatic carbocycles. The minimum Gasteiger partial charge on any atom is -0.493 e. The number of ether oxygens (including phenoxy) is 3. The molecule has 7 rings (SSSR count). The van der Waals surface area contributed by atoms with Crippen LogP contribution in [0, 0.1) is 0 Å². The Balaban J connectivity index is 1.00. The lowest BCUT2D eigenvalue weighted by atomic mass is 9.95. The molecule has 3 amide bonds. The molecule has 3 aliphatic rings. The maximum Gasteiger partial charge on any atom is 0.524 e. The Morgan fingerprint density at radius 3 is 2.52 bits per heavy atom. The fourth-order valence-corrected chi connectivity index (χ4v) is 10.4.